The van der Waals surface area contributed by atoms with Crippen LogP contribution in [-0.2, 0) is 27.5 Å². The molecule has 0 aliphatic carbocycles. The van der Waals surface area contributed by atoms with Gasteiger partial charge in [-0.3, -0.25) is 9.11 Å². The van der Waals surface area contributed by atoms with Gasteiger partial charge in [0.1, 0.15) is 0 Å². The second-order valence-corrected chi connectivity index (χ2v) is 1.34. The van der Waals surface area contributed by atoms with E-state index in [2.05, 4.69) is 0 Å². The van der Waals surface area contributed by atoms with Gasteiger partial charge < -0.3 is 0 Å². The van der Waals surface area contributed by atoms with Gasteiger partial charge in [0, 0.05) is 17.1 Å². The van der Waals surface area contributed by atoms with Crippen molar-refractivity contribution in [3.05, 3.63) is 0 Å². The summed E-state index contributed by atoms with van der Waals surface area (Å²) in [6, 6.07) is 0. The van der Waals surface area contributed by atoms with Crippen molar-refractivity contribution in [2.24, 2.45) is 0 Å². The molecule has 1 radical (unpaired) electrons. The van der Waals surface area contributed by atoms with Crippen molar-refractivity contribution in [3.8, 4) is 0 Å². The van der Waals surface area contributed by atoms with Crippen LogP contribution >= 0.6 is 12.4 Å². The fourth-order valence-electron chi connectivity index (χ4n) is 0. The number of hydrogen-bond acceptors (Lipinski definition) is 2. The largest absolute Gasteiger partial charge is 0.394 e. The topological polar surface area (TPSA) is 74.6 Å². The van der Waals surface area contributed by atoms with Crippen LogP contribution in [0.25, 0.3) is 0 Å². The van der Waals surface area contributed by atoms with Crippen LogP contribution in [0.5, 0.6) is 0 Å². The second-order valence-electron chi connectivity index (χ2n) is 0.448. The third-order valence-corrected chi connectivity index (χ3v) is 0. The van der Waals surface area contributed by atoms with Gasteiger partial charge in [-0.05, 0) is 0 Å². The van der Waals surface area contributed by atoms with E-state index in [9.17, 15) is 0 Å². The Balaban J connectivity index is -0.0000000267. The molecule has 0 rings (SSSR count). The molecule has 0 aromatic rings. The summed E-state index contributed by atoms with van der Waals surface area (Å²) in [4.78, 5) is 0. The van der Waals surface area contributed by atoms with Gasteiger partial charge in [-0.1, -0.05) is 0 Å². The standard InChI is InChI=1S/ClH.Mg.Mn.H2O4S.2H/c;;;1-5(2,3)4;;/h1H;;;(H2,1,2,3,4);;. The van der Waals surface area contributed by atoms with E-state index in [1.54, 1.807) is 0 Å². The normalized spacial score (nSPS) is 7.25. The fraction of sp³-hybridized carbons (Fsp3) is 0. The summed E-state index contributed by atoms with van der Waals surface area (Å²) in [7, 11) is -4.67. The maximum absolute atomic E-state index is 8.74. The minimum Gasteiger partial charge on any atom is -0.264 e. The number of hydrogen-bond donors (Lipinski definition) is 2. The van der Waals surface area contributed by atoms with E-state index in [0.29, 0.717) is 0 Å². The van der Waals surface area contributed by atoms with E-state index < -0.39 is 10.4 Å². The van der Waals surface area contributed by atoms with Gasteiger partial charge in [0.05, 0.1) is 0 Å². The third-order valence-electron chi connectivity index (χ3n) is 0. The van der Waals surface area contributed by atoms with E-state index >= 15 is 0 Å². The predicted octanol–water partition coefficient (Wildman–Crippen LogP) is -1.15. The number of rotatable bonds is 0. The van der Waals surface area contributed by atoms with Crippen molar-refractivity contribution < 1.29 is 34.6 Å². The van der Waals surface area contributed by atoms with E-state index in [-0.39, 0.29) is 52.5 Å². The quantitative estimate of drug-likeness (QED) is 0.396. The first-order valence-electron chi connectivity index (χ1n) is 0.698. The molecule has 8 heavy (non-hydrogen) atoms. The minimum absolute atomic E-state index is 0. The Labute approximate surface area is 80.0 Å². The van der Waals surface area contributed by atoms with Crippen LogP contribution < -0.4 is 0 Å². The molecule has 0 unspecified atom stereocenters. The Morgan fingerprint density at radius 2 is 1.12 bits per heavy atom. The molecule has 0 aliphatic heterocycles. The van der Waals surface area contributed by atoms with Crippen molar-refractivity contribution in [3.63, 3.8) is 0 Å². The van der Waals surface area contributed by atoms with Gasteiger partial charge in [0.25, 0.3) is 0 Å². The fourth-order valence-corrected chi connectivity index (χ4v) is 0. The zero-order valence-electron chi connectivity index (χ0n) is 2.91. The van der Waals surface area contributed by atoms with Gasteiger partial charge in [-0.25, -0.2) is 0 Å². The second kappa shape index (κ2) is 8.45. The van der Waals surface area contributed by atoms with E-state index in [1.807, 2.05) is 0 Å². The molecule has 0 saturated carbocycles. The third kappa shape index (κ3) is 148. The molecule has 0 fully saturated rings. The summed E-state index contributed by atoms with van der Waals surface area (Å²) in [5, 5.41) is 0. The first-order chi connectivity index (χ1) is 2.00. The van der Waals surface area contributed by atoms with Crippen molar-refractivity contribution in [2.75, 3.05) is 0 Å². The molecule has 2 N–H and O–H groups in total. The molecule has 0 bridgehead atoms. The average molecular weight is 216 g/mol. The summed E-state index contributed by atoms with van der Waals surface area (Å²) in [6.45, 7) is 0. The zero-order valence-corrected chi connectivity index (χ0v) is 5.72. The number of halogens is 1. The summed E-state index contributed by atoms with van der Waals surface area (Å²) in [5.41, 5.74) is 0. The van der Waals surface area contributed by atoms with E-state index in [4.69, 9.17) is 17.5 Å². The molecule has 0 aliphatic rings. The van der Waals surface area contributed by atoms with Crippen LogP contribution in [0, 0.1) is 0 Å². The Hall–Kier alpha value is 1.45. The molecule has 0 aromatic carbocycles. The van der Waals surface area contributed by atoms with E-state index in [0.717, 1.165) is 0 Å². The van der Waals surface area contributed by atoms with Gasteiger partial charge >= 0.3 is 33.5 Å². The Kier molecular flexibility index (Phi) is 24.0. The molecule has 0 amide bonds. The minimum atomic E-state index is -4.67. The molecular weight excluding hydrogens is 211 g/mol. The molecule has 4 nitrogen and oxygen atoms in total. The molecule has 0 spiro atoms. The Bertz CT molecular complexity index is 99.2. The van der Waals surface area contributed by atoms with Crippen molar-refractivity contribution in [1.82, 2.24) is 0 Å². The van der Waals surface area contributed by atoms with Crippen LogP contribution in [-0.4, -0.2) is 40.6 Å². The SMILES string of the molecule is Cl.O=S(=O)(O)O.[MgH2].[Mn]. The van der Waals surface area contributed by atoms with Crippen LogP contribution in [0.1, 0.15) is 0 Å². The summed E-state index contributed by atoms with van der Waals surface area (Å²) >= 11 is 0. The van der Waals surface area contributed by atoms with Gasteiger partial charge in [-0.2, -0.15) is 8.42 Å². The molecule has 0 atom stereocenters. The van der Waals surface area contributed by atoms with Crippen LogP contribution in [0.3, 0.4) is 0 Å². The monoisotopic (exact) mass is 215 g/mol. The molecule has 0 saturated heterocycles. The first-order valence-corrected chi connectivity index (χ1v) is 2.10. The smallest absolute Gasteiger partial charge is 0.264 e. The van der Waals surface area contributed by atoms with Crippen LogP contribution in [0.15, 0.2) is 0 Å². The van der Waals surface area contributed by atoms with Crippen LogP contribution in [0.4, 0.5) is 0 Å². The maximum atomic E-state index is 8.74. The molecule has 0 heterocycles. The zero-order chi connectivity index (χ0) is 4.50. The van der Waals surface area contributed by atoms with Gasteiger partial charge in [0.15, 0.2) is 0 Å². The summed E-state index contributed by atoms with van der Waals surface area (Å²) in [6.07, 6.45) is 0. The van der Waals surface area contributed by atoms with Crippen molar-refractivity contribution in [2.45, 2.75) is 0 Å². The summed E-state index contributed by atoms with van der Waals surface area (Å²) in [5.74, 6) is 0. The van der Waals surface area contributed by atoms with Gasteiger partial charge in [-0.15, -0.1) is 12.4 Å². The first kappa shape index (κ1) is 22.7. The molecular formula is H5ClMgMnO4S. The van der Waals surface area contributed by atoms with Crippen molar-refractivity contribution in [1.29, 1.82) is 0 Å². The summed E-state index contributed by atoms with van der Waals surface area (Å²) < 4.78 is 31.6. The maximum Gasteiger partial charge on any atom is 0.394 e. The van der Waals surface area contributed by atoms with Gasteiger partial charge in [0.2, 0.25) is 0 Å². The Morgan fingerprint density at radius 3 is 1.12 bits per heavy atom. The average Bonchev–Trinajstić information content (AvgIpc) is 0.722. The van der Waals surface area contributed by atoms with E-state index in [1.165, 1.54) is 0 Å². The van der Waals surface area contributed by atoms with Crippen molar-refractivity contribution >= 4 is 45.9 Å². The molecule has 8 heteroatoms. The van der Waals surface area contributed by atoms with Crippen LogP contribution in [0.2, 0.25) is 0 Å². The molecule has 51 valence electrons. The molecule has 0 aromatic heterocycles. The Morgan fingerprint density at radius 1 is 1.12 bits per heavy atom. The predicted molar refractivity (Wildman–Crippen MR) is 30.0 cm³/mol.